The highest BCUT2D eigenvalue weighted by atomic mass is 16.5. The number of aromatic hydroxyl groups is 1. The van der Waals surface area contributed by atoms with Gasteiger partial charge in [0, 0.05) is 18.1 Å². The highest BCUT2D eigenvalue weighted by molar-refractivity contribution is 6.08. The number of allylic oxidation sites excluding steroid dienone is 1. The maximum absolute atomic E-state index is 9.65. The van der Waals surface area contributed by atoms with E-state index in [1.54, 1.807) is 20.3 Å². The number of benzene rings is 2. The van der Waals surface area contributed by atoms with Crippen LogP contribution in [-0.2, 0) is 6.42 Å². The Morgan fingerprint density at radius 2 is 1.91 bits per heavy atom. The van der Waals surface area contributed by atoms with Crippen molar-refractivity contribution < 1.29 is 19.6 Å². The van der Waals surface area contributed by atoms with Gasteiger partial charge in [-0.25, -0.2) is 4.99 Å². The molecule has 2 N–H and O–H groups in total. The third kappa shape index (κ3) is 3.21. The SMILES string of the molecule is COc1ccc2c(c1)CC[NH+]=C2/C=C/c1ccc(O)c(OC)c1. The lowest BCUT2D eigenvalue weighted by molar-refractivity contribution is -0.456. The maximum atomic E-state index is 9.65. The molecule has 0 saturated carbocycles. The van der Waals surface area contributed by atoms with Crippen molar-refractivity contribution in [2.45, 2.75) is 6.42 Å². The van der Waals surface area contributed by atoms with Gasteiger partial charge in [-0.1, -0.05) is 6.07 Å². The molecule has 118 valence electrons. The van der Waals surface area contributed by atoms with Crippen LogP contribution in [0.4, 0.5) is 0 Å². The molecule has 1 heterocycles. The van der Waals surface area contributed by atoms with Gasteiger partial charge in [0.05, 0.1) is 14.2 Å². The van der Waals surface area contributed by atoms with Gasteiger partial charge in [-0.05, 0) is 47.5 Å². The summed E-state index contributed by atoms with van der Waals surface area (Å²) in [5.41, 5.74) is 4.53. The molecule has 0 amide bonds. The molecule has 2 aromatic rings. The number of ether oxygens (including phenoxy) is 2. The third-order valence-electron chi connectivity index (χ3n) is 3.96. The first-order valence-corrected chi connectivity index (χ1v) is 7.54. The summed E-state index contributed by atoms with van der Waals surface area (Å²) in [4.78, 5) is 3.43. The normalized spacial score (nSPS) is 13.6. The summed E-state index contributed by atoms with van der Waals surface area (Å²) in [6, 6.07) is 11.4. The van der Waals surface area contributed by atoms with Gasteiger partial charge in [-0.3, -0.25) is 0 Å². The fourth-order valence-electron chi connectivity index (χ4n) is 2.72. The molecule has 0 saturated heterocycles. The van der Waals surface area contributed by atoms with Crippen molar-refractivity contribution in [3.63, 3.8) is 0 Å². The lowest BCUT2D eigenvalue weighted by Gasteiger charge is -2.11. The van der Waals surface area contributed by atoms with Crippen molar-refractivity contribution in [1.82, 2.24) is 0 Å². The molecule has 4 nitrogen and oxygen atoms in total. The summed E-state index contributed by atoms with van der Waals surface area (Å²) in [5.74, 6) is 1.50. The van der Waals surface area contributed by atoms with Crippen LogP contribution in [0.2, 0.25) is 0 Å². The van der Waals surface area contributed by atoms with E-state index >= 15 is 0 Å². The Labute approximate surface area is 135 Å². The summed E-state index contributed by atoms with van der Waals surface area (Å²) >= 11 is 0. The van der Waals surface area contributed by atoms with Gasteiger partial charge in [0.15, 0.2) is 11.5 Å². The maximum Gasteiger partial charge on any atom is 0.205 e. The number of hydrogen-bond donors (Lipinski definition) is 2. The zero-order chi connectivity index (χ0) is 16.2. The lowest BCUT2D eigenvalue weighted by atomic mass is 9.96. The lowest BCUT2D eigenvalue weighted by Crippen LogP contribution is -2.75. The molecule has 1 aliphatic heterocycles. The number of fused-ring (bicyclic) bond motifs is 1. The number of methoxy groups -OCH3 is 2. The summed E-state index contributed by atoms with van der Waals surface area (Å²) in [7, 11) is 3.23. The van der Waals surface area contributed by atoms with Crippen molar-refractivity contribution >= 4 is 11.8 Å². The van der Waals surface area contributed by atoms with Crippen molar-refractivity contribution in [3.05, 3.63) is 59.2 Å². The van der Waals surface area contributed by atoms with Crippen LogP contribution < -0.4 is 14.5 Å². The van der Waals surface area contributed by atoms with Crippen LogP contribution in [0.3, 0.4) is 0 Å². The Hall–Kier alpha value is -2.75. The minimum absolute atomic E-state index is 0.144. The van der Waals surface area contributed by atoms with Crippen molar-refractivity contribution in [1.29, 1.82) is 0 Å². The minimum atomic E-state index is 0.144. The van der Waals surface area contributed by atoms with E-state index in [1.807, 2.05) is 24.3 Å². The van der Waals surface area contributed by atoms with Crippen LogP contribution in [0, 0.1) is 0 Å². The largest absolute Gasteiger partial charge is 0.504 e. The van der Waals surface area contributed by atoms with Crippen molar-refractivity contribution in [3.8, 4) is 17.2 Å². The molecule has 1 aliphatic rings. The number of phenols is 1. The van der Waals surface area contributed by atoms with Crippen molar-refractivity contribution in [2.75, 3.05) is 20.8 Å². The Bertz CT molecular complexity index is 778. The van der Waals surface area contributed by atoms with Crippen LogP contribution in [0.5, 0.6) is 17.2 Å². The molecule has 4 heteroatoms. The van der Waals surface area contributed by atoms with Gasteiger partial charge in [0.1, 0.15) is 12.3 Å². The molecule has 0 spiro atoms. The highest BCUT2D eigenvalue weighted by Gasteiger charge is 2.17. The highest BCUT2D eigenvalue weighted by Crippen LogP contribution is 2.27. The second kappa shape index (κ2) is 6.57. The number of nitrogens with one attached hydrogen (secondary N) is 1. The average Bonchev–Trinajstić information content (AvgIpc) is 2.60. The van der Waals surface area contributed by atoms with Crippen molar-refractivity contribution in [2.24, 2.45) is 0 Å². The number of hydrogen-bond acceptors (Lipinski definition) is 3. The van der Waals surface area contributed by atoms with E-state index in [-0.39, 0.29) is 5.75 Å². The van der Waals surface area contributed by atoms with E-state index in [4.69, 9.17) is 9.47 Å². The van der Waals surface area contributed by atoms with Gasteiger partial charge in [0.25, 0.3) is 0 Å². The number of rotatable bonds is 4. The quantitative estimate of drug-likeness (QED) is 0.901. The third-order valence-corrected chi connectivity index (χ3v) is 3.96. The van der Waals surface area contributed by atoms with Crippen LogP contribution in [-0.4, -0.2) is 31.6 Å². The van der Waals surface area contributed by atoms with Crippen LogP contribution in [0.15, 0.2) is 42.5 Å². The molecule has 2 aromatic carbocycles. The summed E-state index contributed by atoms with van der Waals surface area (Å²) in [6.07, 6.45) is 5.04. The Morgan fingerprint density at radius 1 is 1.04 bits per heavy atom. The van der Waals surface area contributed by atoms with E-state index in [0.29, 0.717) is 5.75 Å². The van der Waals surface area contributed by atoms with Gasteiger partial charge in [-0.2, -0.15) is 0 Å². The predicted molar refractivity (Wildman–Crippen MR) is 90.3 cm³/mol. The first-order valence-electron chi connectivity index (χ1n) is 7.54. The molecule has 0 atom stereocenters. The van der Waals surface area contributed by atoms with Gasteiger partial charge >= 0.3 is 0 Å². The fourth-order valence-corrected chi connectivity index (χ4v) is 2.72. The number of phenolic OH excluding ortho intramolecular Hbond substituents is 1. The molecular formula is C19H20NO3+. The van der Waals surface area contributed by atoms with E-state index in [0.717, 1.165) is 30.0 Å². The monoisotopic (exact) mass is 310 g/mol. The standard InChI is InChI=1S/C19H19NO3/c1-22-15-5-6-16-14(12-15)9-10-20-17(16)7-3-13-4-8-18(21)19(11-13)23-2/h3-8,11-12,21H,9-10H2,1-2H3/p+1/b7-3+. The van der Waals surface area contributed by atoms with E-state index < -0.39 is 0 Å². The van der Waals surface area contributed by atoms with E-state index in [2.05, 4.69) is 23.2 Å². The zero-order valence-corrected chi connectivity index (χ0v) is 13.3. The molecule has 0 aromatic heterocycles. The van der Waals surface area contributed by atoms with Gasteiger partial charge < -0.3 is 14.6 Å². The van der Waals surface area contributed by atoms with Gasteiger partial charge in [-0.15, -0.1) is 0 Å². The first kappa shape index (κ1) is 15.2. The minimum Gasteiger partial charge on any atom is -0.504 e. The second-order valence-corrected chi connectivity index (χ2v) is 5.38. The topological polar surface area (TPSA) is 52.7 Å². The molecule has 23 heavy (non-hydrogen) atoms. The summed E-state index contributed by atoms with van der Waals surface area (Å²) in [6.45, 7) is 0.902. The molecule has 0 unspecified atom stereocenters. The molecule has 3 rings (SSSR count). The predicted octanol–water partition coefficient (Wildman–Crippen LogP) is 1.55. The Morgan fingerprint density at radius 3 is 2.70 bits per heavy atom. The van der Waals surface area contributed by atoms with Crippen LogP contribution in [0.1, 0.15) is 16.7 Å². The second-order valence-electron chi connectivity index (χ2n) is 5.38. The first-order chi connectivity index (χ1) is 11.2. The van der Waals surface area contributed by atoms with Gasteiger partial charge in [0.2, 0.25) is 5.71 Å². The molecule has 0 bridgehead atoms. The van der Waals surface area contributed by atoms with Crippen LogP contribution in [0.25, 0.3) is 6.08 Å². The average molecular weight is 310 g/mol. The molecule has 0 radical (unpaired) electrons. The van der Waals surface area contributed by atoms with E-state index in [1.165, 1.54) is 11.1 Å². The molecule has 0 fully saturated rings. The smallest absolute Gasteiger partial charge is 0.205 e. The Kier molecular flexibility index (Phi) is 4.33. The van der Waals surface area contributed by atoms with E-state index in [9.17, 15) is 5.11 Å². The molecular weight excluding hydrogens is 290 g/mol. The fraction of sp³-hybridized carbons (Fsp3) is 0.211. The zero-order valence-electron chi connectivity index (χ0n) is 13.3. The van der Waals surface area contributed by atoms with Crippen LogP contribution >= 0.6 is 0 Å². The molecule has 0 aliphatic carbocycles. The summed E-state index contributed by atoms with van der Waals surface area (Å²) in [5, 5.41) is 9.65. The summed E-state index contributed by atoms with van der Waals surface area (Å²) < 4.78 is 10.4. The Balaban J connectivity index is 1.88.